The SMILES string of the molecule is Cc1nsc(N2CCCN(S(=O)(=O)N3C[C@H](C)C[C@@H](C)C3)CC2)n1. The first-order chi connectivity index (χ1) is 11.4. The van der Waals surface area contributed by atoms with Crippen molar-refractivity contribution < 1.29 is 8.42 Å². The first-order valence-corrected chi connectivity index (χ1v) is 10.8. The van der Waals surface area contributed by atoms with Gasteiger partial charge in [-0.2, -0.15) is 21.4 Å². The average molecular weight is 374 g/mol. The molecular formula is C15H27N5O2S2. The summed E-state index contributed by atoms with van der Waals surface area (Å²) >= 11 is 1.39. The zero-order chi connectivity index (χ0) is 17.3. The molecule has 0 aliphatic carbocycles. The van der Waals surface area contributed by atoms with E-state index in [1.807, 2.05) is 6.92 Å². The summed E-state index contributed by atoms with van der Waals surface area (Å²) < 4.78 is 33.7. The first-order valence-electron chi connectivity index (χ1n) is 8.66. The van der Waals surface area contributed by atoms with Crippen LogP contribution in [0.25, 0.3) is 0 Å². The fraction of sp³-hybridized carbons (Fsp3) is 0.867. The predicted octanol–water partition coefficient (Wildman–Crippen LogP) is 1.58. The predicted molar refractivity (Wildman–Crippen MR) is 96.5 cm³/mol. The third-order valence-electron chi connectivity index (χ3n) is 4.73. The van der Waals surface area contributed by atoms with Gasteiger partial charge < -0.3 is 4.90 Å². The van der Waals surface area contributed by atoms with Crippen molar-refractivity contribution in [2.75, 3.05) is 44.2 Å². The maximum absolute atomic E-state index is 13.0. The normalized spacial score (nSPS) is 28.0. The summed E-state index contributed by atoms with van der Waals surface area (Å²) in [6, 6.07) is 0. The molecule has 1 aromatic rings. The molecule has 0 radical (unpaired) electrons. The molecule has 0 bridgehead atoms. The molecule has 0 amide bonds. The Balaban J connectivity index is 1.68. The summed E-state index contributed by atoms with van der Waals surface area (Å²) in [5.41, 5.74) is 0. The van der Waals surface area contributed by atoms with E-state index in [9.17, 15) is 8.42 Å². The Bertz CT molecular complexity index is 653. The lowest BCUT2D eigenvalue weighted by atomic mass is 9.94. The van der Waals surface area contributed by atoms with Gasteiger partial charge in [-0.1, -0.05) is 13.8 Å². The smallest absolute Gasteiger partial charge is 0.282 e. The Morgan fingerprint density at radius 3 is 2.38 bits per heavy atom. The lowest BCUT2D eigenvalue weighted by Gasteiger charge is -2.37. The lowest BCUT2D eigenvalue weighted by molar-refractivity contribution is 0.209. The number of anilines is 1. The highest BCUT2D eigenvalue weighted by Crippen LogP contribution is 2.26. The van der Waals surface area contributed by atoms with Crippen LogP contribution in [0.2, 0.25) is 0 Å². The van der Waals surface area contributed by atoms with Crippen molar-refractivity contribution in [3.8, 4) is 0 Å². The molecule has 0 spiro atoms. The molecule has 1 aromatic heterocycles. The second-order valence-corrected chi connectivity index (χ2v) is 9.79. The molecule has 0 saturated carbocycles. The molecule has 3 rings (SSSR count). The molecule has 2 fully saturated rings. The molecule has 7 nitrogen and oxygen atoms in total. The van der Waals surface area contributed by atoms with E-state index >= 15 is 0 Å². The van der Waals surface area contributed by atoms with Gasteiger partial charge in [0.25, 0.3) is 10.2 Å². The first kappa shape index (κ1) is 18.0. The van der Waals surface area contributed by atoms with Crippen LogP contribution in [0, 0.1) is 18.8 Å². The number of piperidine rings is 1. The molecule has 24 heavy (non-hydrogen) atoms. The molecule has 0 N–H and O–H groups in total. The van der Waals surface area contributed by atoms with Crippen molar-refractivity contribution in [1.29, 1.82) is 0 Å². The molecule has 0 aromatic carbocycles. The molecule has 2 aliphatic heterocycles. The minimum Gasteiger partial charge on any atom is -0.345 e. The standard InChI is InChI=1S/C15H27N5O2S2/c1-12-9-13(2)11-20(10-12)24(21,22)19-6-4-5-18(7-8-19)15-16-14(3)17-23-15/h12-13H,4-11H2,1-3H3/t12-,13-/m1/s1. The van der Waals surface area contributed by atoms with Gasteiger partial charge >= 0.3 is 0 Å². The Labute approximate surface area is 149 Å². The van der Waals surface area contributed by atoms with E-state index in [-0.39, 0.29) is 0 Å². The van der Waals surface area contributed by atoms with Gasteiger partial charge in [0.1, 0.15) is 5.82 Å². The number of nitrogens with zero attached hydrogens (tertiary/aromatic N) is 5. The van der Waals surface area contributed by atoms with Crippen LogP contribution < -0.4 is 4.90 Å². The van der Waals surface area contributed by atoms with Gasteiger partial charge in [-0.15, -0.1) is 0 Å². The third-order valence-corrected chi connectivity index (χ3v) is 7.57. The second kappa shape index (κ2) is 7.23. The van der Waals surface area contributed by atoms with Crippen molar-refractivity contribution in [3.05, 3.63) is 5.82 Å². The molecule has 9 heteroatoms. The van der Waals surface area contributed by atoms with Crippen LogP contribution in [0.1, 0.15) is 32.5 Å². The van der Waals surface area contributed by atoms with E-state index in [1.165, 1.54) is 11.5 Å². The summed E-state index contributed by atoms with van der Waals surface area (Å²) in [5.74, 6) is 1.63. The molecule has 3 heterocycles. The Morgan fingerprint density at radius 1 is 1.04 bits per heavy atom. The van der Waals surface area contributed by atoms with Crippen molar-refractivity contribution in [2.45, 2.75) is 33.6 Å². The van der Waals surface area contributed by atoms with Crippen LogP contribution in [0.4, 0.5) is 5.13 Å². The summed E-state index contributed by atoms with van der Waals surface area (Å²) in [6.45, 7) is 10.0. The fourth-order valence-electron chi connectivity index (χ4n) is 3.69. The highest BCUT2D eigenvalue weighted by molar-refractivity contribution is 7.86. The highest BCUT2D eigenvalue weighted by Gasteiger charge is 2.35. The maximum atomic E-state index is 13.0. The molecular weight excluding hydrogens is 346 g/mol. The minimum absolute atomic E-state index is 0.427. The molecule has 0 unspecified atom stereocenters. The topological polar surface area (TPSA) is 69.6 Å². The quantitative estimate of drug-likeness (QED) is 0.805. The Hall–Kier alpha value is -0.770. The van der Waals surface area contributed by atoms with E-state index in [2.05, 4.69) is 28.1 Å². The van der Waals surface area contributed by atoms with Crippen molar-refractivity contribution in [1.82, 2.24) is 18.0 Å². The summed E-state index contributed by atoms with van der Waals surface area (Å²) in [7, 11) is -3.37. The Kier molecular flexibility index (Phi) is 5.43. The van der Waals surface area contributed by atoms with Crippen LogP contribution in [0.15, 0.2) is 0 Å². The zero-order valence-electron chi connectivity index (χ0n) is 14.7. The summed E-state index contributed by atoms with van der Waals surface area (Å²) in [6.07, 6.45) is 1.92. The zero-order valence-corrected chi connectivity index (χ0v) is 16.3. The molecule has 136 valence electrons. The van der Waals surface area contributed by atoms with Crippen molar-refractivity contribution >= 4 is 26.9 Å². The van der Waals surface area contributed by atoms with Crippen LogP contribution in [0.3, 0.4) is 0 Å². The van der Waals surface area contributed by atoms with Crippen LogP contribution in [0.5, 0.6) is 0 Å². The fourth-order valence-corrected chi connectivity index (χ4v) is 6.30. The highest BCUT2D eigenvalue weighted by atomic mass is 32.2. The van der Waals surface area contributed by atoms with E-state index in [0.29, 0.717) is 44.6 Å². The van der Waals surface area contributed by atoms with Crippen LogP contribution in [-0.2, 0) is 10.2 Å². The van der Waals surface area contributed by atoms with Gasteiger partial charge in [0.2, 0.25) is 5.13 Å². The number of rotatable bonds is 3. The van der Waals surface area contributed by atoms with Gasteiger partial charge in [0, 0.05) is 50.8 Å². The molecule has 2 aliphatic rings. The van der Waals surface area contributed by atoms with E-state index in [4.69, 9.17) is 0 Å². The summed E-state index contributed by atoms with van der Waals surface area (Å²) in [4.78, 5) is 6.58. The number of aromatic nitrogens is 2. The van der Waals surface area contributed by atoms with Gasteiger partial charge in [-0.05, 0) is 31.6 Å². The number of hydrogen-bond donors (Lipinski definition) is 0. The van der Waals surface area contributed by atoms with Gasteiger partial charge in [0.15, 0.2) is 0 Å². The van der Waals surface area contributed by atoms with E-state index in [1.54, 1.807) is 8.61 Å². The Morgan fingerprint density at radius 2 is 1.75 bits per heavy atom. The summed E-state index contributed by atoms with van der Waals surface area (Å²) in [5, 5.41) is 0.895. The van der Waals surface area contributed by atoms with Crippen molar-refractivity contribution in [3.63, 3.8) is 0 Å². The lowest BCUT2D eigenvalue weighted by Crippen LogP contribution is -2.50. The second-order valence-electron chi connectivity index (χ2n) is 7.13. The molecule has 2 saturated heterocycles. The van der Waals surface area contributed by atoms with Crippen LogP contribution in [-0.4, -0.2) is 65.7 Å². The van der Waals surface area contributed by atoms with E-state index < -0.39 is 10.2 Å². The van der Waals surface area contributed by atoms with Gasteiger partial charge in [0.05, 0.1) is 0 Å². The van der Waals surface area contributed by atoms with Gasteiger partial charge in [-0.3, -0.25) is 0 Å². The van der Waals surface area contributed by atoms with Crippen LogP contribution >= 0.6 is 11.5 Å². The van der Waals surface area contributed by atoms with Gasteiger partial charge in [-0.25, -0.2) is 4.98 Å². The monoisotopic (exact) mass is 373 g/mol. The third kappa shape index (κ3) is 3.89. The number of aryl methyl sites for hydroxylation is 1. The van der Waals surface area contributed by atoms with E-state index in [0.717, 1.165) is 30.3 Å². The average Bonchev–Trinajstić information content (AvgIpc) is 2.79. The molecule has 2 atom stereocenters. The number of hydrogen-bond acceptors (Lipinski definition) is 6. The largest absolute Gasteiger partial charge is 0.345 e. The minimum atomic E-state index is -3.37. The van der Waals surface area contributed by atoms with Crippen molar-refractivity contribution in [2.24, 2.45) is 11.8 Å². The maximum Gasteiger partial charge on any atom is 0.282 e.